The first-order valence-corrected chi connectivity index (χ1v) is 7.13. The predicted octanol–water partition coefficient (Wildman–Crippen LogP) is 2.67. The molecular formula is C14H25NO3. The molecule has 4 nitrogen and oxygen atoms in total. The minimum atomic E-state index is -0.775. The van der Waals surface area contributed by atoms with Gasteiger partial charge in [0.1, 0.15) is 0 Å². The zero-order valence-corrected chi connectivity index (χ0v) is 11.4. The molecule has 0 spiro atoms. The zero-order chi connectivity index (χ0) is 13.4. The highest BCUT2D eigenvalue weighted by Crippen LogP contribution is 2.22. The molecule has 1 heterocycles. The second-order valence-electron chi connectivity index (χ2n) is 5.21. The van der Waals surface area contributed by atoms with Crippen molar-refractivity contribution >= 4 is 11.9 Å². The molecule has 0 saturated carbocycles. The number of nitrogens with zero attached hydrogens (tertiary/aromatic N) is 1. The van der Waals surface area contributed by atoms with Gasteiger partial charge in [0.2, 0.25) is 5.91 Å². The van der Waals surface area contributed by atoms with E-state index < -0.39 is 5.97 Å². The Bertz CT molecular complexity index is 270. The van der Waals surface area contributed by atoms with Gasteiger partial charge in [0.25, 0.3) is 0 Å². The van der Waals surface area contributed by atoms with Gasteiger partial charge in [-0.15, -0.1) is 0 Å². The quantitative estimate of drug-likeness (QED) is 0.711. The topological polar surface area (TPSA) is 57.6 Å². The van der Waals surface area contributed by atoms with Gasteiger partial charge in [-0.2, -0.15) is 0 Å². The van der Waals surface area contributed by atoms with Gasteiger partial charge in [-0.25, -0.2) is 0 Å². The maximum atomic E-state index is 11.9. The minimum absolute atomic E-state index is 0.172. The zero-order valence-electron chi connectivity index (χ0n) is 11.4. The van der Waals surface area contributed by atoms with E-state index in [0.717, 1.165) is 31.8 Å². The smallest absolute Gasteiger partial charge is 0.303 e. The van der Waals surface area contributed by atoms with Crippen LogP contribution in [0.3, 0.4) is 0 Å². The van der Waals surface area contributed by atoms with Crippen molar-refractivity contribution in [2.24, 2.45) is 5.92 Å². The Labute approximate surface area is 109 Å². The number of likely N-dealkylation sites (tertiary alicyclic amines) is 1. The fourth-order valence-electron chi connectivity index (χ4n) is 2.59. The van der Waals surface area contributed by atoms with E-state index in [2.05, 4.69) is 6.92 Å². The Balaban J connectivity index is 2.14. The molecule has 1 N–H and O–H groups in total. The highest BCUT2D eigenvalue weighted by atomic mass is 16.4. The maximum Gasteiger partial charge on any atom is 0.303 e. The van der Waals surface area contributed by atoms with Crippen LogP contribution in [-0.4, -0.2) is 35.0 Å². The molecule has 1 aliphatic heterocycles. The summed E-state index contributed by atoms with van der Waals surface area (Å²) in [7, 11) is 0. The SMILES string of the molecule is CCCC1CCN(C(=O)CCCCC(=O)O)CC1. The third-order valence-corrected chi connectivity index (χ3v) is 3.70. The molecule has 1 rings (SSSR count). The number of hydrogen-bond donors (Lipinski definition) is 1. The normalized spacial score (nSPS) is 16.8. The number of carboxylic acids is 1. The Morgan fingerprint density at radius 1 is 1.17 bits per heavy atom. The number of aliphatic carboxylic acids is 1. The third kappa shape index (κ3) is 5.52. The first kappa shape index (κ1) is 15.0. The van der Waals surface area contributed by atoms with Gasteiger partial charge >= 0.3 is 5.97 Å². The average molecular weight is 255 g/mol. The van der Waals surface area contributed by atoms with Gasteiger partial charge in [0.15, 0.2) is 0 Å². The van der Waals surface area contributed by atoms with Crippen molar-refractivity contribution in [2.75, 3.05) is 13.1 Å². The van der Waals surface area contributed by atoms with Crippen LogP contribution >= 0.6 is 0 Å². The summed E-state index contributed by atoms with van der Waals surface area (Å²) in [6.07, 6.45) is 6.75. The molecule has 0 aromatic rings. The number of carbonyl (C=O) groups excluding carboxylic acids is 1. The fourth-order valence-corrected chi connectivity index (χ4v) is 2.59. The van der Waals surface area contributed by atoms with Gasteiger partial charge in [-0.1, -0.05) is 19.8 Å². The lowest BCUT2D eigenvalue weighted by Crippen LogP contribution is -2.38. The number of carboxylic acid groups (broad SMARTS) is 1. The summed E-state index contributed by atoms with van der Waals surface area (Å²) in [6.45, 7) is 3.99. The molecule has 0 aromatic carbocycles. The summed E-state index contributed by atoms with van der Waals surface area (Å²) >= 11 is 0. The van der Waals surface area contributed by atoms with E-state index in [1.54, 1.807) is 0 Å². The Kier molecular flexibility index (Phi) is 6.76. The van der Waals surface area contributed by atoms with Crippen LogP contribution in [0.15, 0.2) is 0 Å². The minimum Gasteiger partial charge on any atom is -0.481 e. The van der Waals surface area contributed by atoms with Crippen LogP contribution in [0.5, 0.6) is 0 Å². The van der Waals surface area contributed by atoms with E-state index in [0.29, 0.717) is 19.3 Å². The molecule has 1 aliphatic rings. The van der Waals surface area contributed by atoms with Gasteiger partial charge in [0.05, 0.1) is 0 Å². The van der Waals surface area contributed by atoms with Crippen LogP contribution in [0.25, 0.3) is 0 Å². The van der Waals surface area contributed by atoms with Gasteiger partial charge < -0.3 is 10.0 Å². The average Bonchev–Trinajstić information content (AvgIpc) is 2.35. The number of rotatable bonds is 7. The second-order valence-corrected chi connectivity index (χ2v) is 5.21. The molecule has 1 saturated heterocycles. The van der Waals surface area contributed by atoms with Crippen LogP contribution in [0.2, 0.25) is 0 Å². The van der Waals surface area contributed by atoms with Crippen LogP contribution in [0.1, 0.15) is 58.3 Å². The molecule has 1 fully saturated rings. The van der Waals surface area contributed by atoms with E-state index in [1.807, 2.05) is 4.90 Å². The van der Waals surface area contributed by atoms with E-state index in [-0.39, 0.29) is 12.3 Å². The lowest BCUT2D eigenvalue weighted by Gasteiger charge is -2.32. The van der Waals surface area contributed by atoms with E-state index in [9.17, 15) is 9.59 Å². The second kappa shape index (κ2) is 8.11. The number of amides is 1. The summed E-state index contributed by atoms with van der Waals surface area (Å²) in [5.74, 6) is 0.226. The van der Waals surface area contributed by atoms with Crippen LogP contribution in [0.4, 0.5) is 0 Å². The van der Waals surface area contributed by atoms with E-state index >= 15 is 0 Å². The highest BCUT2D eigenvalue weighted by Gasteiger charge is 2.21. The maximum absolute atomic E-state index is 11.9. The largest absolute Gasteiger partial charge is 0.481 e. The van der Waals surface area contributed by atoms with Crippen molar-refractivity contribution in [3.8, 4) is 0 Å². The fraction of sp³-hybridized carbons (Fsp3) is 0.857. The summed E-state index contributed by atoms with van der Waals surface area (Å²) in [5, 5.41) is 8.51. The molecule has 0 radical (unpaired) electrons. The van der Waals surface area contributed by atoms with Gasteiger partial charge in [-0.3, -0.25) is 9.59 Å². The van der Waals surface area contributed by atoms with Gasteiger partial charge in [0, 0.05) is 25.9 Å². The summed E-state index contributed by atoms with van der Waals surface area (Å²) < 4.78 is 0. The van der Waals surface area contributed by atoms with Crippen LogP contribution in [-0.2, 0) is 9.59 Å². The third-order valence-electron chi connectivity index (χ3n) is 3.70. The molecule has 0 bridgehead atoms. The number of piperidine rings is 1. The van der Waals surface area contributed by atoms with Gasteiger partial charge in [-0.05, 0) is 31.6 Å². The molecule has 1 amide bonds. The number of hydrogen-bond acceptors (Lipinski definition) is 2. The summed E-state index contributed by atoms with van der Waals surface area (Å²) in [4.78, 5) is 24.2. The Morgan fingerprint density at radius 3 is 2.33 bits per heavy atom. The van der Waals surface area contributed by atoms with Crippen molar-refractivity contribution in [3.05, 3.63) is 0 Å². The van der Waals surface area contributed by atoms with Crippen LogP contribution < -0.4 is 0 Å². The molecule has 4 heteroatoms. The standard InChI is InChI=1S/C14H25NO3/c1-2-5-12-8-10-15(11-9-12)13(16)6-3-4-7-14(17)18/h12H,2-11H2,1H3,(H,17,18). The van der Waals surface area contributed by atoms with E-state index in [4.69, 9.17) is 5.11 Å². The Morgan fingerprint density at radius 2 is 1.78 bits per heavy atom. The first-order chi connectivity index (χ1) is 8.63. The molecular weight excluding hydrogens is 230 g/mol. The highest BCUT2D eigenvalue weighted by molar-refractivity contribution is 5.76. The van der Waals surface area contributed by atoms with Crippen molar-refractivity contribution in [1.29, 1.82) is 0 Å². The van der Waals surface area contributed by atoms with Crippen molar-refractivity contribution < 1.29 is 14.7 Å². The monoisotopic (exact) mass is 255 g/mol. The molecule has 104 valence electrons. The Hall–Kier alpha value is -1.06. The molecule has 0 aromatic heterocycles. The van der Waals surface area contributed by atoms with Crippen LogP contribution in [0, 0.1) is 5.92 Å². The first-order valence-electron chi connectivity index (χ1n) is 7.13. The lowest BCUT2D eigenvalue weighted by atomic mass is 9.92. The van der Waals surface area contributed by atoms with Crippen molar-refractivity contribution in [1.82, 2.24) is 4.90 Å². The summed E-state index contributed by atoms with van der Waals surface area (Å²) in [6, 6.07) is 0. The molecule has 0 aliphatic carbocycles. The predicted molar refractivity (Wildman–Crippen MR) is 70.3 cm³/mol. The number of carbonyl (C=O) groups is 2. The number of unbranched alkanes of at least 4 members (excludes halogenated alkanes) is 1. The summed E-state index contributed by atoms with van der Waals surface area (Å²) in [5.41, 5.74) is 0. The van der Waals surface area contributed by atoms with Crippen molar-refractivity contribution in [2.45, 2.75) is 58.3 Å². The molecule has 0 atom stereocenters. The molecule has 18 heavy (non-hydrogen) atoms. The van der Waals surface area contributed by atoms with E-state index in [1.165, 1.54) is 12.8 Å². The van der Waals surface area contributed by atoms with Crippen molar-refractivity contribution in [3.63, 3.8) is 0 Å². The lowest BCUT2D eigenvalue weighted by molar-refractivity contribution is -0.137. The molecule has 0 unspecified atom stereocenters.